The number of phenolic OH excluding ortho intramolecular Hbond substituents is 2. The molecule has 0 fully saturated rings. The van der Waals surface area contributed by atoms with Crippen molar-refractivity contribution in [1.29, 1.82) is 0 Å². The van der Waals surface area contributed by atoms with Crippen LogP contribution in [0, 0.1) is 0 Å². The first-order chi connectivity index (χ1) is 11.1. The monoisotopic (exact) mass is 313 g/mol. The number of hydrogen-bond acceptors (Lipinski definition) is 5. The lowest BCUT2D eigenvalue weighted by Gasteiger charge is -2.14. The Hall–Kier alpha value is -3.02. The van der Waals surface area contributed by atoms with Crippen LogP contribution in [0.2, 0.25) is 0 Å². The molecule has 2 aromatic carbocycles. The Morgan fingerprint density at radius 2 is 1.48 bits per heavy atom. The van der Waals surface area contributed by atoms with Crippen molar-refractivity contribution in [2.75, 3.05) is 13.2 Å². The third-order valence-electron chi connectivity index (χ3n) is 3.55. The molecule has 1 aliphatic rings. The molecule has 0 unspecified atom stereocenters. The summed E-state index contributed by atoms with van der Waals surface area (Å²) in [6.45, 7) is 0.493. The van der Waals surface area contributed by atoms with Gasteiger partial charge in [-0.05, 0) is 18.6 Å². The van der Waals surface area contributed by atoms with Crippen LogP contribution in [0.15, 0.2) is 42.5 Å². The third kappa shape index (κ3) is 2.96. The van der Waals surface area contributed by atoms with E-state index in [1.165, 1.54) is 23.1 Å². The smallest absolute Gasteiger partial charge is 0.261 e. The second-order valence-corrected chi connectivity index (χ2v) is 5.19. The highest BCUT2D eigenvalue weighted by Crippen LogP contribution is 2.26. The molecule has 0 spiro atoms. The van der Waals surface area contributed by atoms with Crippen LogP contribution in [-0.2, 0) is 0 Å². The van der Waals surface area contributed by atoms with E-state index in [-0.39, 0.29) is 36.5 Å². The number of nitrogens with zero attached hydrogens (tertiary/aromatic N) is 1. The van der Waals surface area contributed by atoms with Gasteiger partial charge in [0.15, 0.2) is 0 Å². The molecule has 0 aromatic heterocycles. The SMILES string of the molecule is O=C1c2ccccc2C(=O)N1CCCOc1cc(O)cc(O)c1. The van der Waals surface area contributed by atoms with Crippen molar-refractivity contribution in [3.05, 3.63) is 53.6 Å². The average molecular weight is 313 g/mol. The zero-order chi connectivity index (χ0) is 16.4. The molecular weight excluding hydrogens is 298 g/mol. The average Bonchev–Trinajstić information content (AvgIpc) is 2.75. The van der Waals surface area contributed by atoms with Gasteiger partial charge >= 0.3 is 0 Å². The lowest BCUT2D eigenvalue weighted by Crippen LogP contribution is -2.31. The lowest BCUT2D eigenvalue weighted by molar-refractivity contribution is 0.0647. The molecular formula is C17H15NO5. The van der Waals surface area contributed by atoms with Gasteiger partial charge in [-0.1, -0.05) is 12.1 Å². The summed E-state index contributed by atoms with van der Waals surface area (Å²) < 4.78 is 5.41. The summed E-state index contributed by atoms with van der Waals surface area (Å²) >= 11 is 0. The van der Waals surface area contributed by atoms with Gasteiger partial charge in [-0.3, -0.25) is 14.5 Å². The molecule has 0 atom stereocenters. The number of amides is 2. The van der Waals surface area contributed by atoms with E-state index >= 15 is 0 Å². The van der Waals surface area contributed by atoms with E-state index in [0.29, 0.717) is 23.3 Å². The van der Waals surface area contributed by atoms with Crippen LogP contribution in [0.5, 0.6) is 17.2 Å². The standard InChI is InChI=1S/C17H15NO5/c19-11-8-12(20)10-13(9-11)23-7-3-6-18-16(21)14-4-1-2-5-15(14)17(18)22/h1-2,4-5,8-10,19-20H,3,6-7H2. The number of phenols is 2. The van der Waals surface area contributed by atoms with E-state index < -0.39 is 0 Å². The van der Waals surface area contributed by atoms with E-state index in [9.17, 15) is 19.8 Å². The molecule has 23 heavy (non-hydrogen) atoms. The Kier molecular flexibility index (Phi) is 3.89. The lowest BCUT2D eigenvalue weighted by atomic mass is 10.1. The zero-order valence-electron chi connectivity index (χ0n) is 12.2. The normalized spacial score (nSPS) is 13.3. The second kappa shape index (κ2) is 6.00. The Morgan fingerprint density at radius 3 is 2.04 bits per heavy atom. The summed E-state index contributed by atoms with van der Waals surface area (Å²) in [4.78, 5) is 25.5. The van der Waals surface area contributed by atoms with Crippen molar-refractivity contribution in [3.8, 4) is 17.2 Å². The van der Waals surface area contributed by atoms with Crippen molar-refractivity contribution in [1.82, 2.24) is 4.90 Å². The van der Waals surface area contributed by atoms with Gasteiger partial charge in [0.25, 0.3) is 11.8 Å². The van der Waals surface area contributed by atoms with Crippen LogP contribution >= 0.6 is 0 Å². The predicted molar refractivity (Wildman–Crippen MR) is 81.7 cm³/mol. The Labute approximate surface area is 132 Å². The second-order valence-electron chi connectivity index (χ2n) is 5.19. The number of carbonyl (C=O) groups is 2. The van der Waals surface area contributed by atoms with Gasteiger partial charge in [0, 0.05) is 24.7 Å². The van der Waals surface area contributed by atoms with E-state index in [2.05, 4.69) is 0 Å². The molecule has 3 rings (SSSR count). The number of carbonyl (C=O) groups excluding carboxylic acids is 2. The van der Waals surface area contributed by atoms with Gasteiger partial charge in [-0.25, -0.2) is 0 Å². The minimum absolute atomic E-state index is 0.0969. The molecule has 2 N–H and O–H groups in total. The van der Waals surface area contributed by atoms with Crippen LogP contribution in [0.4, 0.5) is 0 Å². The maximum atomic E-state index is 12.2. The van der Waals surface area contributed by atoms with Crippen molar-refractivity contribution in [2.24, 2.45) is 0 Å². The molecule has 2 amide bonds. The number of rotatable bonds is 5. The van der Waals surface area contributed by atoms with E-state index in [4.69, 9.17) is 4.74 Å². The molecule has 1 aliphatic heterocycles. The van der Waals surface area contributed by atoms with Crippen molar-refractivity contribution in [2.45, 2.75) is 6.42 Å². The summed E-state index contributed by atoms with van der Waals surface area (Å²) in [5.41, 5.74) is 0.854. The molecule has 1 heterocycles. The maximum Gasteiger partial charge on any atom is 0.261 e. The van der Waals surface area contributed by atoms with Crippen LogP contribution in [0.1, 0.15) is 27.1 Å². The van der Waals surface area contributed by atoms with Crippen molar-refractivity contribution < 1.29 is 24.5 Å². The van der Waals surface area contributed by atoms with Crippen LogP contribution in [0.3, 0.4) is 0 Å². The van der Waals surface area contributed by atoms with E-state index in [1.807, 2.05) is 0 Å². The summed E-state index contributed by atoms with van der Waals surface area (Å²) in [6, 6.07) is 10.7. The largest absolute Gasteiger partial charge is 0.508 e. The first-order valence-electron chi connectivity index (χ1n) is 7.17. The minimum Gasteiger partial charge on any atom is -0.508 e. The highest BCUT2D eigenvalue weighted by molar-refractivity contribution is 6.21. The molecule has 118 valence electrons. The van der Waals surface area contributed by atoms with Crippen molar-refractivity contribution >= 4 is 11.8 Å². The Balaban J connectivity index is 1.56. The molecule has 6 nitrogen and oxygen atoms in total. The molecule has 0 aliphatic carbocycles. The van der Waals surface area contributed by atoms with Gasteiger partial charge in [0.05, 0.1) is 17.7 Å². The fraction of sp³-hybridized carbons (Fsp3) is 0.176. The van der Waals surface area contributed by atoms with Gasteiger partial charge in [-0.15, -0.1) is 0 Å². The highest BCUT2D eigenvalue weighted by atomic mass is 16.5. The summed E-state index contributed by atoms with van der Waals surface area (Å²) in [5.74, 6) is -0.452. The fourth-order valence-corrected chi connectivity index (χ4v) is 2.51. The molecule has 0 saturated heterocycles. The number of benzene rings is 2. The van der Waals surface area contributed by atoms with Crippen LogP contribution < -0.4 is 4.74 Å². The first-order valence-corrected chi connectivity index (χ1v) is 7.17. The number of aromatic hydroxyl groups is 2. The molecule has 6 heteroatoms. The molecule has 0 saturated carbocycles. The van der Waals surface area contributed by atoms with Gasteiger partial charge in [0.2, 0.25) is 0 Å². The zero-order valence-corrected chi connectivity index (χ0v) is 12.2. The Bertz CT molecular complexity index is 716. The third-order valence-corrected chi connectivity index (χ3v) is 3.55. The topological polar surface area (TPSA) is 87.1 Å². The Morgan fingerprint density at radius 1 is 0.913 bits per heavy atom. The number of hydrogen-bond donors (Lipinski definition) is 2. The predicted octanol–water partition coefficient (Wildman–Crippen LogP) is 2.16. The number of ether oxygens (including phenoxy) is 1. The van der Waals surface area contributed by atoms with Crippen molar-refractivity contribution in [3.63, 3.8) is 0 Å². The minimum atomic E-state index is -0.291. The summed E-state index contributed by atoms with van der Waals surface area (Å²) in [7, 11) is 0. The summed E-state index contributed by atoms with van der Waals surface area (Å²) in [6.07, 6.45) is 0.446. The molecule has 2 aromatic rings. The summed E-state index contributed by atoms with van der Waals surface area (Å²) in [5, 5.41) is 18.7. The highest BCUT2D eigenvalue weighted by Gasteiger charge is 2.34. The number of imide groups is 1. The van der Waals surface area contributed by atoms with Gasteiger partial charge < -0.3 is 14.9 Å². The van der Waals surface area contributed by atoms with E-state index in [0.717, 1.165) is 0 Å². The number of fused-ring (bicyclic) bond motifs is 1. The quantitative estimate of drug-likeness (QED) is 0.652. The van der Waals surface area contributed by atoms with Gasteiger partial charge in [0.1, 0.15) is 17.2 Å². The van der Waals surface area contributed by atoms with Crippen LogP contribution in [0.25, 0.3) is 0 Å². The fourth-order valence-electron chi connectivity index (χ4n) is 2.51. The van der Waals surface area contributed by atoms with Crippen LogP contribution in [-0.4, -0.2) is 40.1 Å². The molecule has 0 radical (unpaired) electrons. The van der Waals surface area contributed by atoms with Gasteiger partial charge in [-0.2, -0.15) is 0 Å². The first kappa shape index (κ1) is 14.9. The van der Waals surface area contributed by atoms with E-state index in [1.54, 1.807) is 24.3 Å². The molecule has 0 bridgehead atoms. The maximum absolute atomic E-state index is 12.2.